The number of epoxide rings is 1. The summed E-state index contributed by atoms with van der Waals surface area (Å²) >= 11 is 5.53. The number of hydrogen-bond acceptors (Lipinski definition) is 1. The van der Waals surface area contributed by atoms with Crippen molar-refractivity contribution in [2.45, 2.75) is 18.9 Å². The van der Waals surface area contributed by atoms with Gasteiger partial charge in [-0.3, -0.25) is 0 Å². The van der Waals surface area contributed by atoms with E-state index in [9.17, 15) is 0 Å². The summed E-state index contributed by atoms with van der Waals surface area (Å²) in [4.78, 5) is 0. The van der Waals surface area contributed by atoms with Crippen LogP contribution >= 0.6 is 11.6 Å². The molecule has 1 aliphatic rings. The van der Waals surface area contributed by atoms with Gasteiger partial charge in [-0.05, 0) is 6.42 Å². The lowest BCUT2D eigenvalue weighted by atomic mass is 10.1. The summed E-state index contributed by atoms with van der Waals surface area (Å²) in [5.74, 6) is 0.656. The lowest BCUT2D eigenvalue weighted by molar-refractivity contribution is 0.320. The third-order valence-electron chi connectivity index (χ3n) is 1.44. The first-order valence-electron chi connectivity index (χ1n) is 2.53. The summed E-state index contributed by atoms with van der Waals surface area (Å²) in [6.45, 7) is 2.96. The molecule has 0 spiro atoms. The van der Waals surface area contributed by atoms with Crippen molar-refractivity contribution in [1.82, 2.24) is 0 Å². The molecule has 2 heteroatoms. The van der Waals surface area contributed by atoms with E-state index >= 15 is 0 Å². The zero-order valence-electron chi connectivity index (χ0n) is 4.41. The van der Waals surface area contributed by atoms with Gasteiger partial charge in [-0.25, -0.2) is 0 Å². The molecule has 0 N–H and O–H groups in total. The number of ether oxygens (including phenoxy) is 1. The Morgan fingerprint density at radius 1 is 1.86 bits per heavy atom. The molecule has 1 saturated heterocycles. The smallest absolute Gasteiger partial charge is 0.105 e. The second-order valence-electron chi connectivity index (χ2n) is 1.96. The first kappa shape index (κ1) is 5.39. The molecule has 1 fully saturated rings. The lowest BCUT2D eigenvalue weighted by Crippen LogP contribution is -2.09. The van der Waals surface area contributed by atoms with Crippen LogP contribution in [0.15, 0.2) is 0 Å². The van der Waals surface area contributed by atoms with Crippen molar-refractivity contribution >= 4 is 11.6 Å². The molecule has 42 valence electrons. The zero-order chi connectivity index (χ0) is 5.33. The van der Waals surface area contributed by atoms with Crippen LogP contribution in [0.5, 0.6) is 0 Å². The maximum absolute atomic E-state index is 5.53. The topological polar surface area (TPSA) is 12.5 Å². The van der Waals surface area contributed by atoms with Crippen LogP contribution in [0.2, 0.25) is 0 Å². The summed E-state index contributed by atoms with van der Waals surface area (Å²) in [6, 6.07) is 0. The van der Waals surface area contributed by atoms with Crippen molar-refractivity contribution in [2.24, 2.45) is 0 Å². The molecule has 0 saturated carbocycles. The fourth-order valence-electron chi connectivity index (χ4n) is 0.478. The molecule has 7 heavy (non-hydrogen) atoms. The van der Waals surface area contributed by atoms with Crippen molar-refractivity contribution in [3.05, 3.63) is 0 Å². The van der Waals surface area contributed by atoms with Crippen LogP contribution in [0.4, 0.5) is 0 Å². The molecule has 1 atom stereocenters. The molecule has 0 aromatic rings. The highest BCUT2D eigenvalue weighted by molar-refractivity contribution is 6.18. The van der Waals surface area contributed by atoms with E-state index in [1.807, 2.05) is 0 Å². The van der Waals surface area contributed by atoms with Crippen LogP contribution in [0, 0.1) is 0 Å². The maximum Gasteiger partial charge on any atom is 0.105 e. The summed E-state index contributed by atoms with van der Waals surface area (Å²) < 4.78 is 5.06. The molecule has 1 heterocycles. The van der Waals surface area contributed by atoms with Gasteiger partial charge in [0.15, 0.2) is 0 Å². The first-order valence-corrected chi connectivity index (χ1v) is 3.06. The standard InChI is InChI=1S/C5H9ClO/c1-2-5(3-6)4-7-5/h2-4H2,1H3/t5-/m1/s1. The molecule has 1 nitrogen and oxygen atoms in total. The van der Waals surface area contributed by atoms with Crippen LogP contribution in [0.1, 0.15) is 13.3 Å². The highest BCUT2D eigenvalue weighted by Crippen LogP contribution is 2.31. The molecular weight excluding hydrogens is 112 g/mol. The van der Waals surface area contributed by atoms with Gasteiger partial charge < -0.3 is 4.74 Å². The third kappa shape index (κ3) is 0.892. The minimum Gasteiger partial charge on any atom is -0.368 e. The summed E-state index contributed by atoms with van der Waals surface area (Å²) in [7, 11) is 0. The fourth-order valence-corrected chi connectivity index (χ4v) is 0.821. The quantitative estimate of drug-likeness (QED) is 0.397. The third-order valence-corrected chi connectivity index (χ3v) is 1.93. The molecule has 0 radical (unpaired) electrons. The SMILES string of the molecule is CC[C@@]1(CCl)CO1. The molecule has 0 aromatic carbocycles. The Morgan fingerprint density at radius 2 is 2.43 bits per heavy atom. The molecular formula is C5H9ClO. The minimum absolute atomic E-state index is 0.0988. The fraction of sp³-hybridized carbons (Fsp3) is 1.00. The summed E-state index contributed by atoms with van der Waals surface area (Å²) in [6.07, 6.45) is 1.05. The van der Waals surface area contributed by atoms with E-state index in [1.165, 1.54) is 0 Å². The van der Waals surface area contributed by atoms with E-state index in [1.54, 1.807) is 0 Å². The Bertz CT molecular complexity index is 62.5. The number of alkyl halides is 1. The maximum atomic E-state index is 5.53. The van der Waals surface area contributed by atoms with E-state index in [0.717, 1.165) is 13.0 Å². The van der Waals surface area contributed by atoms with Crippen molar-refractivity contribution < 1.29 is 4.74 Å². The number of hydrogen-bond donors (Lipinski definition) is 0. The number of halogens is 1. The van der Waals surface area contributed by atoms with Gasteiger partial charge in [-0.2, -0.15) is 0 Å². The van der Waals surface area contributed by atoms with Gasteiger partial charge in [0.25, 0.3) is 0 Å². The molecule has 0 unspecified atom stereocenters. The zero-order valence-corrected chi connectivity index (χ0v) is 5.16. The first-order chi connectivity index (χ1) is 3.33. The Morgan fingerprint density at radius 3 is 2.43 bits per heavy atom. The van der Waals surface area contributed by atoms with Gasteiger partial charge in [-0.15, -0.1) is 11.6 Å². The van der Waals surface area contributed by atoms with Crippen LogP contribution < -0.4 is 0 Å². The predicted molar refractivity (Wildman–Crippen MR) is 29.7 cm³/mol. The molecule has 1 rings (SSSR count). The van der Waals surface area contributed by atoms with Crippen LogP contribution in [0.3, 0.4) is 0 Å². The van der Waals surface area contributed by atoms with Gasteiger partial charge in [0.05, 0.1) is 12.5 Å². The van der Waals surface area contributed by atoms with Crippen molar-refractivity contribution in [3.63, 3.8) is 0 Å². The van der Waals surface area contributed by atoms with Crippen molar-refractivity contribution in [3.8, 4) is 0 Å². The Kier molecular flexibility index (Phi) is 1.26. The lowest BCUT2D eigenvalue weighted by Gasteiger charge is -1.98. The van der Waals surface area contributed by atoms with Gasteiger partial charge in [-0.1, -0.05) is 6.92 Å². The molecule has 1 aliphatic heterocycles. The van der Waals surface area contributed by atoms with E-state index in [2.05, 4.69) is 6.92 Å². The van der Waals surface area contributed by atoms with Crippen LogP contribution in [-0.4, -0.2) is 18.1 Å². The van der Waals surface area contributed by atoms with E-state index in [-0.39, 0.29) is 5.60 Å². The number of rotatable bonds is 2. The molecule has 0 amide bonds. The molecule has 0 aromatic heterocycles. The Hall–Kier alpha value is 0.250. The highest BCUT2D eigenvalue weighted by atomic mass is 35.5. The molecule has 0 aliphatic carbocycles. The van der Waals surface area contributed by atoms with Crippen LogP contribution in [-0.2, 0) is 4.74 Å². The van der Waals surface area contributed by atoms with E-state index in [0.29, 0.717) is 5.88 Å². The summed E-state index contributed by atoms with van der Waals surface area (Å²) in [5, 5.41) is 0. The van der Waals surface area contributed by atoms with Gasteiger partial charge >= 0.3 is 0 Å². The monoisotopic (exact) mass is 120 g/mol. The average Bonchev–Trinajstić information content (AvgIpc) is 2.46. The van der Waals surface area contributed by atoms with Gasteiger partial charge in [0.1, 0.15) is 5.60 Å². The van der Waals surface area contributed by atoms with Crippen molar-refractivity contribution in [2.75, 3.05) is 12.5 Å². The largest absolute Gasteiger partial charge is 0.368 e. The van der Waals surface area contributed by atoms with E-state index < -0.39 is 0 Å². The second-order valence-corrected chi connectivity index (χ2v) is 2.23. The predicted octanol–water partition coefficient (Wildman–Crippen LogP) is 1.40. The van der Waals surface area contributed by atoms with Gasteiger partial charge in [0.2, 0.25) is 0 Å². The average molecular weight is 121 g/mol. The Labute approximate surface area is 48.6 Å². The van der Waals surface area contributed by atoms with Crippen LogP contribution in [0.25, 0.3) is 0 Å². The highest BCUT2D eigenvalue weighted by Gasteiger charge is 2.41. The minimum atomic E-state index is 0.0988. The second kappa shape index (κ2) is 1.64. The van der Waals surface area contributed by atoms with Gasteiger partial charge in [0, 0.05) is 0 Å². The Balaban J connectivity index is 2.28. The summed E-state index contributed by atoms with van der Waals surface area (Å²) in [5.41, 5.74) is 0.0988. The van der Waals surface area contributed by atoms with Crippen molar-refractivity contribution in [1.29, 1.82) is 0 Å². The normalized spacial score (nSPS) is 38.6. The molecule has 0 bridgehead atoms. The van der Waals surface area contributed by atoms with E-state index in [4.69, 9.17) is 16.3 Å².